The predicted octanol–water partition coefficient (Wildman–Crippen LogP) is 1.38. The van der Waals surface area contributed by atoms with Gasteiger partial charge in [0.2, 0.25) is 0 Å². The van der Waals surface area contributed by atoms with Gasteiger partial charge in [-0.05, 0) is 44.5 Å². The third-order valence-electron chi connectivity index (χ3n) is 6.43. The van der Waals surface area contributed by atoms with Crippen molar-refractivity contribution in [2.45, 2.75) is 49.2 Å². The molecule has 1 aliphatic heterocycles. The molecule has 0 spiro atoms. The number of likely N-dealkylation sites (tertiary alicyclic amines) is 1. The second-order valence-electron chi connectivity index (χ2n) is 7.32. The first-order valence-corrected chi connectivity index (χ1v) is 8.26. The average Bonchev–Trinajstić information content (AvgIpc) is 2.52. The van der Waals surface area contributed by atoms with Crippen LogP contribution in [0.1, 0.15) is 36.8 Å². The summed E-state index contributed by atoms with van der Waals surface area (Å²) in [7, 11) is 3.56. The fourth-order valence-electron chi connectivity index (χ4n) is 5.27. The lowest BCUT2D eigenvalue weighted by atomic mass is 9.49. The number of carbonyl (C=O) groups is 1. The van der Waals surface area contributed by atoms with Crippen molar-refractivity contribution in [3.05, 3.63) is 23.3 Å². The number of likely N-dealkylation sites (N-methyl/N-ethyl adjacent to an activating group) is 1. The van der Waals surface area contributed by atoms with Gasteiger partial charge in [0.1, 0.15) is 5.78 Å². The number of rotatable bonds is 1. The standard InChI is InChI=1S/C18H23NO4/c1-19-8-7-17-10-12(20)5-6-18(17,22)14(19)9-11-3-4-13(23-2)16(21)15(11)17/h3-4,14,21-22H,5-10H2,1-2H3/t14-,17-,18+/m0/s1. The van der Waals surface area contributed by atoms with Gasteiger partial charge < -0.3 is 19.8 Å². The molecule has 2 bridgehead atoms. The molecule has 124 valence electrons. The van der Waals surface area contributed by atoms with Crippen LogP contribution < -0.4 is 4.74 Å². The van der Waals surface area contributed by atoms with Crippen molar-refractivity contribution in [1.29, 1.82) is 0 Å². The summed E-state index contributed by atoms with van der Waals surface area (Å²) in [5.74, 6) is 0.685. The van der Waals surface area contributed by atoms with E-state index in [0.717, 1.165) is 17.7 Å². The lowest BCUT2D eigenvalue weighted by molar-refractivity contribution is -0.169. The lowest BCUT2D eigenvalue weighted by Gasteiger charge is -2.62. The Morgan fingerprint density at radius 3 is 2.87 bits per heavy atom. The van der Waals surface area contributed by atoms with Crippen molar-refractivity contribution >= 4 is 5.78 Å². The molecule has 5 heteroatoms. The highest BCUT2D eigenvalue weighted by atomic mass is 16.5. The topological polar surface area (TPSA) is 70.0 Å². The molecule has 1 saturated carbocycles. The van der Waals surface area contributed by atoms with Crippen molar-refractivity contribution in [3.63, 3.8) is 0 Å². The summed E-state index contributed by atoms with van der Waals surface area (Å²) < 4.78 is 5.28. The molecule has 5 nitrogen and oxygen atoms in total. The van der Waals surface area contributed by atoms with Gasteiger partial charge in [-0.2, -0.15) is 0 Å². The molecule has 4 rings (SSSR count). The number of Topliss-reactive ketones (excluding diaryl/α,β-unsaturated/α-hetero) is 1. The van der Waals surface area contributed by atoms with E-state index in [9.17, 15) is 15.0 Å². The van der Waals surface area contributed by atoms with Crippen molar-refractivity contribution in [1.82, 2.24) is 4.90 Å². The summed E-state index contributed by atoms with van der Waals surface area (Å²) in [6.45, 7) is 0.816. The Labute approximate surface area is 135 Å². The molecule has 1 aromatic carbocycles. The van der Waals surface area contributed by atoms with Gasteiger partial charge in [0, 0.05) is 29.9 Å². The summed E-state index contributed by atoms with van der Waals surface area (Å²) in [5, 5.41) is 22.4. The van der Waals surface area contributed by atoms with Crippen molar-refractivity contribution in [3.8, 4) is 11.5 Å². The van der Waals surface area contributed by atoms with E-state index < -0.39 is 11.0 Å². The van der Waals surface area contributed by atoms with Crippen LogP contribution in [0.5, 0.6) is 11.5 Å². The number of phenolic OH excluding ortho intramolecular Hbond substituents is 1. The van der Waals surface area contributed by atoms with Crippen LogP contribution in [0.3, 0.4) is 0 Å². The third kappa shape index (κ3) is 1.72. The number of ether oxygens (including phenoxy) is 1. The van der Waals surface area contributed by atoms with E-state index in [-0.39, 0.29) is 17.6 Å². The maximum Gasteiger partial charge on any atom is 0.161 e. The Morgan fingerprint density at radius 2 is 2.13 bits per heavy atom. The van der Waals surface area contributed by atoms with Crippen LogP contribution in [-0.2, 0) is 16.6 Å². The summed E-state index contributed by atoms with van der Waals surface area (Å²) in [4.78, 5) is 14.5. The van der Waals surface area contributed by atoms with E-state index in [1.165, 1.54) is 7.11 Å². The minimum absolute atomic E-state index is 0.00959. The normalized spacial score (nSPS) is 36.3. The summed E-state index contributed by atoms with van der Waals surface area (Å²) in [6.07, 6.45) is 2.56. The molecule has 3 atom stereocenters. The van der Waals surface area contributed by atoms with Crippen LogP contribution in [0, 0.1) is 0 Å². The van der Waals surface area contributed by atoms with Gasteiger partial charge >= 0.3 is 0 Å². The summed E-state index contributed by atoms with van der Waals surface area (Å²) in [6, 6.07) is 3.74. The minimum Gasteiger partial charge on any atom is -0.504 e. The molecular weight excluding hydrogens is 294 g/mol. The molecule has 2 aliphatic carbocycles. The Bertz CT molecular complexity index is 688. The Balaban J connectivity index is 2.01. The van der Waals surface area contributed by atoms with Gasteiger partial charge in [0.15, 0.2) is 11.5 Å². The molecule has 0 radical (unpaired) electrons. The Morgan fingerprint density at radius 1 is 1.35 bits per heavy atom. The quantitative estimate of drug-likeness (QED) is 0.819. The molecule has 1 aromatic rings. The highest BCUT2D eigenvalue weighted by Crippen LogP contribution is 2.60. The Hall–Kier alpha value is -1.59. The first kappa shape index (κ1) is 15.0. The number of phenols is 1. The van der Waals surface area contributed by atoms with Gasteiger partial charge in [-0.25, -0.2) is 0 Å². The molecule has 0 amide bonds. The second-order valence-corrected chi connectivity index (χ2v) is 7.32. The largest absolute Gasteiger partial charge is 0.504 e. The van der Waals surface area contributed by atoms with E-state index >= 15 is 0 Å². The zero-order valence-electron chi connectivity index (χ0n) is 13.6. The maximum absolute atomic E-state index is 12.3. The van der Waals surface area contributed by atoms with E-state index in [4.69, 9.17) is 4.74 Å². The molecule has 1 saturated heterocycles. The molecule has 23 heavy (non-hydrogen) atoms. The molecular formula is C18H23NO4. The number of benzene rings is 1. The van der Waals surface area contributed by atoms with Crippen LogP contribution >= 0.6 is 0 Å². The third-order valence-corrected chi connectivity index (χ3v) is 6.43. The zero-order valence-corrected chi connectivity index (χ0v) is 13.6. The van der Waals surface area contributed by atoms with E-state index in [1.807, 2.05) is 13.1 Å². The van der Waals surface area contributed by atoms with Crippen molar-refractivity contribution < 1.29 is 19.7 Å². The van der Waals surface area contributed by atoms with Gasteiger partial charge in [-0.1, -0.05) is 6.07 Å². The number of hydrogen-bond acceptors (Lipinski definition) is 5. The fourth-order valence-corrected chi connectivity index (χ4v) is 5.27. The molecule has 0 aromatic heterocycles. The summed E-state index contributed by atoms with van der Waals surface area (Å²) in [5.41, 5.74) is 0.118. The zero-order chi connectivity index (χ0) is 16.4. The molecule has 2 N–H and O–H groups in total. The van der Waals surface area contributed by atoms with Crippen molar-refractivity contribution in [2.75, 3.05) is 20.7 Å². The first-order valence-electron chi connectivity index (χ1n) is 8.26. The SMILES string of the molecule is COc1ccc2c(c1O)[C@@]13CCN(C)[C@@H](C2)[C@]1(O)CCC(=O)C3. The highest BCUT2D eigenvalue weighted by Gasteiger charge is 2.65. The first-order chi connectivity index (χ1) is 10.9. The number of methoxy groups -OCH3 is 1. The molecule has 0 unspecified atom stereocenters. The average molecular weight is 317 g/mol. The lowest BCUT2D eigenvalue weighted by Crippen LogP contribution is -2.72. The molecule has 3 aliphatic rings. The number of carbonyl (C=O) groups excluding carboxylic acids is 1. The second kappa shape index (κ2) is 4.71. The van der Waals surface area contributed by atoms with E-state index in [0.29, 0.717) is 37.9 Å². The minimum atomic E-state index is -0.968. The van der Waals surface area contributed by atoms with Crippen LogP contribution in [-0.4, -0.2) is 53.2 Å². The van der Waals surface area contributed by atoms with E-state index in [2.05, 4.69) is 4.90 Å². The smallest absolute Gasteiger partial charge is 0.161 e. The van der Waals surface area contributed by atoms with E-state index in [1.54, 1.807) is 6.07 Å². The van der Waals surface area contributed by atoms with Crippen molar-refractivity contribution in [2.24, 2.45) is 0 Å². The van der Waals surface area contributed by atoms with Gasteiger partial charge in [0.25, 0.3) is 0 Å². The number of aromatic hydroxyl groups is 1. The number of aliphatic hydroxyl groups is 1. The number of piperidine rings is 1. The van der Waals surface area contributed by atoms with Crippen LogP contribution in [0.4, 0.5) is 0 Å². The molecule has 1 heterocycles. The Kier molecular flexibility index (Phi) is 3.06. The van der Waals surface area contributed by atoms with Crippen LogP contribution in [0.2, 0.25) is 0 Å². The maximum atomic E-state index is 12.3. The monoisotopic (exact) mass is 317 g/mol. The number of nitrogens with zero attached hydrogens (tertiary/aromatic N) is 1. The fraction of sp³-hybridized carbons (Fsp3) is 0.611. The number of fused-ring (bicyclic) bond motifs is 1. The summed E-state index contributed by atoms with van der Waals surface area (Å²) >= 11 is 0. The number of hydrogen-bond donors (Lipinski definition) is 2. The van der Waals surface area contributed by atoms with Gasteiger partial charge in [-0.3, -0.25) is 4.79 Å². The predicted molar refractivity (Wildman–Crippen MR) is 84.9 cm³/mol. The molecule has 2 fully saturated rings. The van der Waals surface area contributed by atoms with Gasteiger partial charge in [0.05, 0.1) is 12.7 Å². The van der Waals surface area contributed by atoms with Gasteiger partial charge in [-0.15, -0.1) is 0 Å². The van der Waals surface area contributed by atoms with Crippen LogP contribution in [0.25, 0.3) is 0 Å². The van der Waals surface area contributed by atoms with Crippen LogP contribution in [0.15, 0.2) is 12.1 Å². The number of ketones is 1. The highest BCUT2D eigenvalue weighted by molar-refractivity contribution is 5.83.